The van der Waals surface area contributed by atoms with Crippen LogP contribution in [0.15, 0.2) is 176 Å². The SMILES string of the molecule is Oc1ccccc1C=NCCN=Cc1ccccc1O.Oc1ccccc1C=NCCN=Cc1ccccc1O.Oc1ccccc1C=NCCN=Cc1ccccc1O.[C-]#N.[C-]#N.[C-]#N.[C-]#N.[C-]#N.[C-]#N.[Mn].[Mn].[Mn].[Mn].[Mn].[Mn].[NH2-].[NH2-].[NH2-].[Re].[Re].[Re].[Re].[Re].[Re].[Se-].[Se-].[SeH].[SeH].[SeH].[SeH].[SeH].[SeH]. The molecule has 0 aliphatic rings. The Morgan fingerprint density at radius 3 is 0.400 bits per heavy atom. The van der Waals surface area contributed by atoms with Gasteiger partial charge in [-0.1, -0.05) is 72.8 Å². The number of para-hydroxylation sites is 6. The quantitative estimate of drug-likeness (QED) is 0.0300. The van der Waals surface area contributed by atoms with E-state index in [2.05, 4.69) is 30.0 Å². The monoisotopic (exact) mass is 3110 g/mol. The van der Waals surface area contributed by atoms with Crippen LogP contribution in [-0.4, -0.2) is 244 Å². The number of nitrogens with zero attached hydrogens (tertiary/aromatic N) is 12. The first-order chi connectivity index (χ1) is 35.3. The Balaban J connectivity index is -0.0000000260. The Bertz CT molecular complexity index is 2340. The van der Waals surface area contributed by atoms with Crippen molar-refractivity contribution in [3.8, 4) is 34.5 Å². The second-order valence-corrected chi connectivity index (χ2v) is 12.6. The molecule has 0 fully saturated rings. The van der Waals surface area contributed by atoms with Crippen molar-refractivity contribution in [2.24, 2.45) is 30.0 Å². The molecule has 0 atom stereocenters. The third kappa shape index (κ3) is 92.2. The zero-order valence-corrected chi connectivity index (χ0v) is 86.4. The van der Waals surface area contributed by atoms with Gasteiger partial charge in [0.05, 0.1) is 39.3 Å². The van der Waals surface area contributed by atoms with Gasteiger partial charge in [0, 0.05) is 296 Å². The van der Waals surface area contributed by atoms with Crippen LogP contribution in [0.3, 0.4) is 0 Å². The van der Waals surface area contributed by atoms with Gasteiger partial charge < -0.3 is 154 Å². The molecule has 12 N–H and O–H groups in total. The van der Waals surface area contributed by atoms with Crippen molar-refractivity contribution in [2.75, 3.05) is 39.3 Å². The molecule has 6 aromatic carbocycles. The normalized spacial score (nSPS) is 7.33. The van der Waals surface area contributed by atoms with E-state index in [-0.39, 0.29) is 414 Å². The summed E-state index contributed by atoms with van der Waals surface area (Å²) in [5.41, 5.74) is 4.15. The average Bonchev–Trinajstić information content (AvgIpc) is 3.43. The third-order valence-electron chi connectivity index (χ3n) is 8.08. The minimum absolute atomic E-state index is 0. The summed E-state index contributed by atoms with van der Waals surface area (Å²) in [7, 11) is 0. The van der Waals surface area contributed by atoms with E-state index >= 15 is 0 Å². The molecule has 21 nitrogen and oxygen atoms in total. The predicted molar refractivity (Wildman–Crippen MR) is 343 cm³/mol. The van der Waals surface area contributed by atoms with Crippen LogP contribution in [0.1, 0.15) is 33.4 Å². The number of hydrogen-bond donors (Lipinski definition) is 6. The van der Waals surface area contributed by atoms with Crippen molar-refractivity contribution < 1.29 is 256 Å². The summed E-state index contributed by atoms with van der Waals surface area (Å²) < 4.78 is 0. The number of aliphatic imine (C=N–C) groups is 6. The summed E-state index contributed by atoms with van der Waals surface area (Å²) in [5.74, 6) is 1.30. The van der Waals surface area contributed by atoms with Crippen LogP contribution in [0, 0.1) is 71.0 Å². The molecule has 20 radical (unpaired) electrons. The molecule has 0 amide bonds. The predicted octanol–water partition coefficient (Wildman–Crippen LogP) is 5.95. The van der Waals surface area contributed by atoms with Gasteiger partial charge in [0.2, 0.25) is 0 Å². The van der Waals surface area contributed by atoms with Crippen LogP contribution >= 0.6 is 0 Å². The van der Waals surface area contributed by atoms with Gasteiger partial charge in [0.25, 0.3) is 0 Å². The van der Waals surface area contributed by atoms with Crippen LogP contribution in [0.4, 0.5) is 0 Å². The van der Waals surface area contributed by atoms with E-state index in [9.17, 15) is 30.6 Å². The van der Waals surface area contributed by atoms with Crippen LogP contribution in [0.5, 0.6) is 34.5 Å². The Hall–Kier alpha value is 0.207. The fourth-order valence-corrected chi connectivity index (χ4v) is 4.90. The van der Waals surface area contributed by atoms with E-state index in [0.29, 0.717) is 72.6 Å². The molecule has 0 saturated heterocycles. The Morgan fingerprint density at radius 1 is 0.232 bits per heavy atom. The Labute approximate surface area is 789 Å². The summed E-state index contributed by atoms with van der Waals surface area (Å²) in [5, 5.41) is 94.8. The summed E-state index contributed by atoms with van der Waals surface area (Å²) >= 11 is 0. The zero-order chi connectivity index (χ0) is 54.6. The molecule has 6 aromatic rings. The first-order valence-electron chi connectivity index (χ1n) is 20.3. The van der Waals surface area contributed by atoms with Crippen molar-refractivity contribution in [3.05, 3.63) is 237 Å². The van der Waals surface area contributed by atoms with Crippen LogP contribution in [0.25, 0.3) is 18.5 Å². The topological polar surface area (TPSA) is 439 Å². The Kier molecular flexibility index (Phi) is 248. The minimum atomic E-state index is 0. The molecule has 41 heteroatoms. The molecule has 0 bridgehead atoms. The molecule has 0 unspecified atom stereocenters. The van der Waals surface area contributed by atoms with Gasteiger partial charge in [-0.15, -0.1) is 0 Å². The Morgan fingerprint density at radius 2 is 0.316 bits per heavy atom. The number of nitrogens with two attached hydrogens (primary N) is 3. The van der Waals surface area contributed by atoms with Crippen molar-refractivity contribution >= 4 is 174 Å². The van der Waals surface area contributed by atoms with Crippen LogP contribution in [-0.2, 0) is 225 Å². The molecular weight excluding hydrogens is 3030 g/mol. The first-order valence-corrected chi connectivity index (χ1v) is 20.3. The van der Waals surface area contributed by atoms with E-state index in [1.54, 1.807) is 146 Å². The van der Waals surface area contributed by atoms with Gasteiger partial charge in [-0.05, 0) is 72.8 Å². The van der Waals surface area contributed by atoms with Crippen LogP contribution < -0.4 is 0 Å². The summed E-state index contributed by atoms with van der Waals surface area (Å²) in [4.78, 5) is 25.2. The van der Waals surface area contributed by atoms with Crippen molar-refractivity contribution in [1.29, 1.82) is 31.6 Å². The second-order valence-electron chi connectivity index (χ2n) is 12.6. The fraction of sp³-hybridized carbons (Fsp3) is 0.111. The van der Waals surface area contributed by atoms with Crippen LogP contribution in [0.2, 0.25) is 0 Å². The number of benzene rings is 6. The standard InChI is InChI=1S/3C16H16N2O2.6CN.6Mn.3H2N.6Re.6HSe.2Se/c3*19-15-7-3-1-5-13(15)11-17-9-10-18-12-14-6-2-4-8-16(14)20;6*1-2;;;;;;;;;;;;;;;;;;;;;;;/h3*1-8,11-12,19-20H,9-10H2;;;;;;;;;;;;;3*1H2;;;;;;;6*1H;;/q;;;6*-1;;;;;;;3*-1;;;;;;;;;;;;;2*-1. The molecule has 0 aliphatic heterocycles. The van der Waals surface area contributed by atoms with E-state index in [1.165, 1.54) is 0 Å². The zero-order valence-electron chi connectivity index (χ0n) is 48.4. The van der Waals surface area contributed by atoms with E-state index < -0.39 is 0 Å². The third-order valence-corrected chi connectivity index (χ3v) is 8.08. The molecule has 0 heterocycles. The van der Waals surface area contributed by atoms with Crippen molar-refractivity contribution in [1.82, 2.24) is 0 Å². The fourth-order valence-electron chi connectivity index (χ4n) is 4.90. The van der Waals surface area contributed by atoms with Gasteiger partial charge in [0.1, 0.15) is 34.5 Å². The molecule has 6 rings (SSSR count). The maximum absolute atomic E-state index is 9.54. The maximum atomic E-state index is 9.54. The summed E-state index contributed by atoms with van der Waals surface area (Å²) in [6, 6.07) is 42.2. The summed E-state index contributed by atoms with van der Waals surface area (Å²) in [6.07, 6.45) is 9.78. The number of aromatic hydroxyl groups is 6. The average molecular weight is 3090 g/mol. The molecule has 95 heavy (non-hydrogen) atoms. The van der Waals surface area contributed by atoms with Crippen molar-refractivity contribution in [3.63, 3.8) is 0 Å². The van der Waals surface area contributed by atoms with E-state index in [0.717, 1.165) is 0 Å². The summed E-state index contributed by atoms with van der Waals surface area (Å²) in [6.45, 7) is 31.7. The molecule has 530 valence electrons. The second kappa shape index (κ2) is 134. The van der Waals surface area contributed by atoms with Crippen molar-refractivity contribution in [2.45, 2.75) is 0 Å². The van der Waals surface area contributed by atoms with Gasteiger partial charge in [0.15, 0.2) is 0 Å². The molecule has 0 saturated carbocycles. The first kappa shape index (κ1) is 176. The van der Waals surface area contributed by atoms with Gasteiger partial charge in [-0.25, -0.2) is 0 Å². The number of hydrogen-bond acceptors (Lipinski definition) is 18. The molecule has 0 aliphatic carbocycles. The van der Waals surface area contributed by atoms with Gasteiger partial charge >= 0.3 is 102 Å². The molecule has 0 aromatic heterocycles. The van der Waals surface area contributed by atoms with Gasteiger partial charge in [-0.2, -0.15) is 0 Å². The van der Waals surface area contributed by atoms with E-state index in [1.807, 2.05) is 36.4 Å². The number of phenolic OH excluding ortho intramolecular Hbond substituents is 6. The molecular formula is C54H60Mn6N15O6Re6Se8-11. The number of rotatable bonds is 15. The molecule has 0 spiro atoms. The van der Waals surface area contributed by atoms with E-state index in [4.69, 9.17) is 71.0 Å². The van der Waals surface area contributed by atoms with Gasteiger partial charge in [-0.3, -0.25) is 30.0 Å². The number of phenols is 6.